The molecule has 3 aromatic heterocycles. The largest absolute Gasteiger partial charge is 0.476 e. The number of carboxylic acid groups (broad SMARTS) is 1. The second kappa shape index (κ2) is 4.37. The minimum atomic E-state index is -1.05. The molecule has 0 aromatic carbocycles. The number of nitrogens with zero attached hydrogens (tertiary/aromatic N) is 3. The number of aromatic carboxylic acids is 1. The highest BCUT2D eigenvalue weighted by molar-refractivity contribution is 6.30. The fourth-order valence-electron chi connectivity index (χ4n) is 1.79. The summed E-state index contributed by atoms with van der Waals surface area (Å²) >= 11 is 5.79. The standard InChI is InChI=1S/C13H8ClN3O2/c14-9-2-3-10(15-5-9)8-1-4-12-16-11(13(18)19)7-17(12)6-8/h1-7H,(H,18,19). The van der Waals surface area contributed by atoms with Crippen molar-refractivity contribution in [3.8, 4) is 11.3 Å². The van der Waals surface area contributed by atoms with Gasteiger partial charge in [0.05, 0.1) is 10.7 Å². The number of imidazole rings is 1. The third-order valence-electron chi connectivity index (χ3n) is 2.69. The number of rotatable bonds is 2. The number of carbonyl (C=O) groups is 1. The van der Waals surface area contributed by atoms with Gasteiger partial charge in [0.2, 0.25) is 0 Å². The van der Waals surface area contributed by atoms with E-state index in [2.05, 4.69) is 9.97 Å². The summed E-state index contributed by atoms with van der Waals surface area (Å²) in [5.74, 6) is -1.05. The first-order valence-electron chi connectivity index (χ1n) is 5.47. The second-order valence-corrected chi connectivity index (χ2v) is 4.41. The fourth-order valence-corrected chi connectivity index (χ4v) is 1.90. The van der Waals surface area contributed by atoms with Gasteiger partial charge in [0.1, 0.15) is 5.65 Å². The molecule has 0 saturated carbocycles. The van der Waals surface area contributed by atoms with Gasteiger partial charge in [-0.05, 0) is 24.3 Å². The van der Waals surface area contributed by atoms with E-state index in [1.54, 1.807) is 35.0 Å². The smallest absolute Gasteiger partial charge is 0.356 e. The Kier molecular flexibility index (Phi) is 2.68. The highest BCUT2D eigenvalue weighted by atomic mass is 35.5. The Morgan fingerprint density at radius 3 is 2.74 bits per heavy atom. The third kappa shape index (κ3) is 2.15. The summed E-state index contributed by atoms with van der Waals surface area (Å²) in [6.07, 6.45) is 4.82. The SMILES string of the molecule is O=C(O)c1cn2cc(-c3ccc(Cl)cn3)ccc2n1. The van der Waals surface area contributed by atoms with Crippen molar-refractivity contribution >= 4 is 23.2 Å². The first kappa shape index (κ1) is 11.7. The van der Waals surface area contributed by atoms with Crippen LogP contribution >= 0.6 is 11.6 Å². The van der Waals surface area contributed by atoms with E-state index in [1.165, 1.54) is 6.20 Å². The molecule has 1 N–H and O–H groups in total. The molecule has 6 heteroatoms. The molecule has 19 heavy (non-hydrogen) atoms. The molecule has 0 spiro atoms. The summed E-state index contributed by atoms with van der Waals surface area (Å²) in [7, 11) is 0. The molecule has 3 rings (SSSR count). The molecule has 94 valence electrons. The lowest BCUT2D eigenvalue weighted by molar-refractivity contribution is 0.0691. The maximum Gasteiger partial charge on any atom is 0.356 e. The number of carboxylic acids is 1. The normalized spacial score (nSPS) is 10.8. The Balaban J connectivity index is 2.10. The number of fused-ring (bicyclic) bond motifs is 1. The Labute approximate surface area is 113 Å². The third-order valence-corrected chi connectivity index (χ3v) is 2.92. The van der Waals surface area contributed by atoms with Crippen LogP contribution in [0.5, 0.6) is 0 Å². The molecule has 0 saturated heterocycles. The van der Waals surface area contributed by atoms with Crippen LogP contribution in [0.4, 0.5) is 0 Å². The summed E-state index contributed by atoms with van der Waals surface area (Å²) in [4.78, 5) is 19.1. The number of halogens is 1. The van der Waals surface area contributed by atoms with Crippen LogP contribution in [0.25, 0.3) is 16.9 Å². The van der Waals surface area contributed by atoms with Crippen molar-refractivity contribution in [2.45, 2.75) is 0 Å². The molecule has 0 radical (unpaired) electrons. The van der Waals surface area contributed by atoms with Crippen molar-refractivity contribution in [1.29, 1.82) is 0 Å². The molecule has 0 aliphatic heterocycles. The molecule has 3 aromatic rings. The maximum absolute atomic E-state index is 10.9. The Morgan fingerprint density at radius 1 is 1.21 bits per heavy atom. The zero-order chi connectivity index (χ0) is 13.4. The van der Waals surface area contributed by atoms with Gasteiger partial charge >= 0.3 is 5.97 Å². The van der Waals surface area contributed by atoms with Gasteiger partial charge in [-0.3, -0.25) is 4.98 Å². The second-order valence-electron chi connectivity index (χ2n) is 3.98. The van der Waals surface area contributed by atoms with Crippen molar-refractivity contribution in [3.63, 3.8) is 0 Å². The molecule has 0 unspecified atom stereocenters. The van der Waals surface area contributed by atoms with Crippen LogP contribution in [-0.4, -0.2) is 25.4 Å². The van der Waals surface area contributed by atoms with E-state index >= 15 is 0 Å². The summed E-state index contributed by atoms with van der Waals surface area (Å²) in [6.45, 7) is 0. The Morgan fingerprint density at radius 2 is 2.05 bits per heavy atom. The molecular formula is C13H8ClN3O2. The van der Waals surface area contributed by atoms with Gasteiger partial charge in [-0.1, -0.05) is 11.6 Å². The van der Waals surface area contributed by atoms with Gasteiger partial charge < -0.3 is 9.51 Å². The molecule has 0 atom stereocenters. The summed E-state index contributed by atoms with van der Waals surface area (Å²) < 4.78 is 1.66. The van der Waals surface area contributed by atoms with E-state index in [9.17, 15) is 4.79 Å². The van der Waals surface area contributed by atoms with E-state index < -0.39 is 5.97 Å². The van der Waals surface area contributed by atoms with Gasteiger partial charge in [0.25, 0.3) is 0 Å². The highest BCUT2D eigenvalue weighted by Gasteiger charge is 2.09. The average Bonchev–Trinajstić information content (AvgIpc) is 2.82. The zero-order valence-corrected chi connectivity index (χ0v) is 10.4. The molecular weight excluding hydrogens is 266 g/mol. The van der Waals surface area contributed by atoms with Crippen LogP contribution in [-0.2, 0) is 0 Å². The molecule has 0 aliphatic rings. The van der Waals surface area contributed by atoms with Crippen molar-refractivity contribution in [2.75, 3.05) is 0 Å². The lowest BCUT2D eigenvalue weighted by atomic mass is 10.2. The number of hydrogen-bond acceptors (Lipinski definition) is 3. The predicted molar refractivity (Wildman–Crippen MR) is 70.4 cm³/mol. The highest BCUT2D eigenvalue weighted by Crippen LogP contribution is 2.19. The van der Waals surface area contributed by atoms with E-state index in [0.29, 0.717) is 10.7 Å². The van der Waals surface area contributed by atoms with Crippen LogP contribution in [0, 0.1) is 0 Å². The van der Waals surface area contributed by atoms with E-state index in [1.807, 2.05) is 6.07 Å². The van der Waals surface area contributed by atoms with Crippen LogP contribution in [0.15, 0.2) is 42.9 Å². The van der Waals surface area contributed by atoms with E-state index in [4.69, 9.17) is 16.7 Å². The lowest BCUT2D eigenvalue weighted by Crippen LogP contribution is -1.94. The lowest BCUT2D eigenvalue weighted by Gasteiger charge is -2.01. The molecule has 0 bridgehead atoms. The molecule has 0 aliphatic carbocycles. The van der Waals surface area contributed by atoms with Crippen LogP contribution in [0.3, 0.4) is 0 Å². The van der Waals surface area contributed by atoms with Crippen molar-refractivity contribution in [2.24, 2.45) is 0 Å². The molecule has 5 nitrogen and oxygen atoms in total. The quantitative estimate of drug-likeness (QED) is 0.779. The van der Waals surface area contributed by atoms with Gasteiger partial charge in [-0.2, -0.15) is 0 Å². The average molecular weight is 274 g/mol. The van der Waals surface area contributed by atoms with Gasteiger partial charge in [0, 0.05) is 24.2 Å². The summed E-state index contributed by atoms with van der Waals surface area (Å²) in [6, 6.07) is 7.14. The van der Waals surface area contributed by atoms with Crippen LogP contribution < -0.4 is 0 Å². The molecule has 3 heterocycles. The van der Waals surface area contributed by atoms with Crippen LogP contribution in [0.1, 0.15) is 10.5 Å². The molecule has 0 amide bonds. The first-order chi connectivity index (χ1) is 9.13. The Bertz CT molecular complexity index is 765. The zero-order valence-electron chi connectivity index (χ0n) is 9.62. The minimum absolute atomic E-state index is 0.0150. The fraction of sp³-hybridized carbons (Fsp3) is 0. The predicted octanol–water partition coefficient (Wildman–Crippen LogP) is 2.75. The number of aromatic nitrogens is 3. The Hall–Kier alpha value is -2.40. The van der Waals surface area contributed by atoms with Gasteiger partial charge in [-0.25, -0.2) is 9.78 Å². The van der Waals surface area contributed by atoms with Crippen molar-refractivity contribution in [3.05, 3.63) is 53.6 Å². The number of hydrogen-bond donors (Lipinski definition) is 1. The van der Waals surface area contributed by atoms with E-state index in [-0.39, 0.29) is 5.69 Å². The number of pyridine rings is 2. The van der Waals surface area contributed by atoms with Gasteiger partial charge in [-0.15, -0.1) is 0 Å². The first-order valence-corrected chi connectivity index (χ1v) is 5.85. The minimum Gasteiger partial charge on any atom is -0.476 e. The monoisotopic (exact) mass is 273 g/mol. The summed E-state index contributed by atoms with van der Waals surface area (Å²) in [5, 5.41) is 9.47. The summed E-state index contributed by atoms with van der Waals surface area (Å²) in [5.41, 5.74) is 2.21. The van der Waals surface area contributed by atoms with E-state index in [0.717, 1.165) is 11.3 Å². The van der Waals surface area contributed by atoms with Gasteiger partial charge in [0.15, 0.2) is 5.69 Å². The topological polar surface area (TPSA) is 67.5 Å². The van der Waals surface area contributed by atoms with Crippen LogP contribution in [0.2, 0.25) is 5.02 Å². The van der Waals surface area contributed by atoms with Crippen molar-refractivity contribution in [1.82, 2.24) is 14.4 Å². The maximum atomic E-state index is 10.9. The van der Waals surface area contributed by atoms with Crippen molar-refractivity contribution < 1.29 is 9.90 Å². The molecule has 0 fully saturated rings.